The van der Waals surface area contributed by atoms with Gasteiger partial charge < -0.3 is 10.5 Å². The Morgan fingerprint density at radius 1 is 1.24 bits per heavy atom. The molecule has 1 aliphatic carbocycles. The van der Waals surface area contributed by atoms with Gasteiger partial charge in [-0.25, -0.2) is 14.6 Å². The van der Waals surface area contributed by atoms with Crippen LogP contribution in [0.15, 0.2) is 24.4 Å². The van der Waals surface area contributed by atoms with Crippen LogP contribution in [0.25, 0.3) is 22.3 Å². The molecule has 6 nitrogen and oxygen atoms in total. The van der Waals surface area contributed by atoms with Crippen LogP contribution in [0.1, 0.15) is 11.1 Å². The van der Waals surface area contributed by atoms with E-state index in [0.29, 0.717) is 12.7 Å². The van der Waals surface area contributed by atoms with Crippen molar-refractivity contribution in [3.05, 3.63) is 35.5 Å². The Balaban J connectivity index is 1.73. The van der Waals surface area contributed by atoms with Crippen molar-refractivity contribution in [3.8, 4) is 11.4 Å². The first-order chi connectivity index (χ1) is 11.9. The second-order valence-corrected chi connectivity index (χ2v) is 13.4. The molecule has 3 aromatic rings. The Morgan fingerprint density at radius 2 is 2.08 bits per heavy atom. The molecule has 2 heterocycles. The van der Waals surface area contributed by atoms with Gasteiger partial charge in [0.1, 0.15) is 6.73 Å². The van der Waals surface area contributed by atoms with E-state index in [1.54, 1.807) is 0 Å². The summed E-state index contributed by atoms with van der Waals surface area (Å²) in [7, 11) is -1.10. The Kier molecular flexibility index (Phi) is 3.85. The number of hydrogen-bond acceptors (Lipinski definition) is 5. The molecule has 0 radical (unpaired) electrons. The Hall–Kier alpha value is -2.25. The molecule has 0 amide bonds. The van der Waals surface area contributed by atoms with Gasteiger partial charge in [0.25, 0.3) is 0 Å². The minimum Gasteiger partial charge on any atom is -0.368 e. The van der Waals surface area contributed by atoms with Crippen LogP contribution in [-0.4, -0.2) is 34.4 Å². The first-order valence-corrected chi connectivity index (χ1v) is 12.3. The highest BCUT2D eigenvalue weighted by Gasteiger charge is 2.25. The van der Waals surface area contributed by atoms with Gasteiger partial charge in [0.15, 0.2) is 0 Å². The van der Waals surface area contributed by atoms with Gasteiger partial charge in [-0.3, -0.25) is 0 Å². The first kappa shape index (κ1) is 16.2. The fourth-order valence-corrected chi connectivity index (χ4v) is 3.98. The van der Waals surface area contributed by atoms with Crippen molar-refractivity contribution in [1.82, 2.24) is 19.7 Å². The summed E-state index contributed by atoms with van der Waals surface area (Å²) in [5.41, 5.74) is 11.0. The van der Waals surface area contributed by atoms with Crippen LogP contribution in [0.5, 0.6) is 0 Å². The topological polar surface area (TPSA) is 78.8 Å². The molecule has 1 aliphatic rings. The monoisotopic (exact) mass is 353 g/mol. The van der Waals surface area contributed by atoms with Gasteiger partial charge in [-0.15, -0.1) is 0 Å². The number of nitrogen functional groups attached to an aromatic ring is 1. The summed E-state index contributed by atoms with van der Waals surface area (Å²) in [6.07, 6.45) is 2.63. The fraction of sp³-hybridized carbons (Fsp3) is 0.389. The Labute approximate surface area is 148 Å². The molecule has 2 N–H and O–H groups in total. The molecule has 0 aliphatic heterocycles. The highest BCUT2D eigenvalue weighted by Crippen LogP contribution is 2.38. The lowest BCUT2D eigenvalue weighted by atomic mass is 9.92. The van der Waals surface area contributed by atoms with Crippen molar-refractivity contribution in [3.63, 3.8) is 0 Å². The van der Waals surface area contributed by atoms with Gasteiger partial charge in [-0.1, -0.05) is 31.8 Å². The number of rotatable bonds is 5. The predicted molar refractivity (Wildman–Crippen MR) is 102 cm³/mol. The summed E-state index contributed by atoms with van der Waals surface area (Å²) in [4.78, 5) is 8.65. The predicted octanol–water partition coefficient (Wildman–Crippen LogP) is 3.29. The van der Waals surface area contributed by atoms with Crippen molar-refractivity contribution < 1.29 is 4.74 Å². The summed E-state index contributed by atoms with van der Waals surface area (Å²) in [5.74, 6) is 0.290. The van der Waals surface area contributed by atoms with E-state index < -0.39 is 8.07 Å². The van der Waals surface area contributed by atoms with Crippen LogP contribution in [-0.2, 0) is 17.9 Å². The van der Waals surface area contributed by atoms with Gasteiger partial charge in [0, 0.05) is 38.2 Å². The minimum absolute atomic E-state index is 0.290. The molecule has 4 rings (SSSR count). The number of hydrogen-bond donors (Lipinski definition) is 1. The van der Waals surface area contributed by atoms with Crippen molar-refractivity contribution in [1.29, 1.82) is 0 Å². The van der Waals surface area contributed by atoms with Gasteiger partial charge in [0.05, 0.1) is 16.9 Å². The number of fused-ring (bicyclic) bond motifs is 2. The first-order valence-electron chi connectivity index (χ1n) is 8.60. The molecular formula is C18H23N5OSi. The molecule has 0 fully saturated rings. The molecule has 0 saturated carbocycles. The number of nitrogens with two attached hydrogens (primary N) is 1. The molecule has 1 aromatic carbocycles. The zero-order chi connectivity index (χ0) is 17.6. The van der Waals surface area contributed by atoms with Crippen molar-refractivity contribution in [2.75, 3.05) is 12.3 Å². The standard InChI is InChI=1S/C18H23N5OSi/c1-25(2,3)8-7-24-11-23-17-15-12(5-4-6-14(15)22-23)9-13-10-20-18(19)21-16(13)17/h4-6,10H,7-9,11H2,1-3H3,(H2,19,20,21). The quantitative estimate of drug-likeness (QED) is 0.440. The van der Waals surface area contributed by atoms with Crippen LogP contribution in [0.4, 0.5) is 5.95 Å². The Morgan fingerprint density at radius 3 is 2.88 bits per heavy atom. The lowest BCUT2D eigenvalue weighted by Crippen LogP contribution is -2.22. The third kappa shape index (κ3) is 3.05. The average Bonchev–Trinajstić information content (AvgIpc) is 2.92. The van der Waals surface area contributed by atoms with E-state index >= 15 is 0 Å². The smallest absolute Gasteiger partial charge is 0.220 e. The lowest BCUT2D eigenvalue weighted by Gasteiger charge is -2.18. The van der Waals surface area contributed by atoms with Gasteiger partial charge in [-0.05, 0) is 17.7 Å². The molecule has 2 aromatic heterocycles. The largest absolute Gasteiger partial charge is 0.368 e. The van der Waals surface area contributed by atoms with Crippen LogP contribution in [0.2, 0.25) is 25.7 Å². The summed E-state index contributed by atoms with van der Waals surface area (Å²) >= 11 is 0. The third-order valence-electron chi connectivity index (χ3n) is 4.55. The van der Waals surface area contributed by atoms with Gasteiger partial charge in [0.2, 0.25) is 5.95 Å². The van der Waals surface area contributed by atoms with Crippen molar-refractivity contribution >= 4 is 24.9 Å². The van der Waals surface area contributed by atoms with Crippen molar-refractivity contribution in [2.24, 2.45) is 0 Å². The van der Waals surface area contributed by atoms with Crippen LogP contribution < -0.4 is 5.73 Å². The molecule has 7 heteroatoms. The summed E-state index contributed by atoms with van der Waals surface area (Å²) in [6, 6.07) is 7.37. The number of aromatic nitrogens is 4. The normalized spacial score (nSPS) is 13.2. The Bertz CT molecular complexity index is 945. The summed E-state index contributed by atoms with van der Waals surface area (Å²) in [6.45, 7) is 8.24. The van der Waals surface area contributed by atoms with E-state index in [1.165, 1.54) is 5.56 Å². The maximum atomic E-state index is 5.94. The molecule has 0 spiro atoms. The zero-order valence-corrected chi connectivity index (χ0v) is 15.9. The van der Waals surface area contributed by atoms with Crippen LogP contribution in [0, 0.1) is 0 Å². The summed E-state index contributed by atoms with van der Waals surface area (Å²) in [5, 5.41) is 5.90. The second kappa shape index (κ2) is 5.93. The second-order valence-electron chi connectivity index (χ2n) is 7.79. The number of nitrogens with zero attached hydrogens (tertiary/aromatic N) is 4. The highest BCUT2D eigenvalue weighted by molar-refractivity contribution is 6.76. The van der Waals surface area contributed by atoms with E-state index in [9.17, 15) is 0 Å². The van der Waals surface area contributed by atoms with Crippen molar-refractivity contribution in [2.45, 2.75) is 38.8 Å². The molecule has 0 bridgehead atoms. The van der Waals surface area contributed by atoms with E-state index in [2.05, 4.69) is 35.7 Å². The van der Waals surface area contributed by atoms with E-state index in [-0.39, 0.29) is 0 Å². The number of benzene rings is 1. The molecule has 25 heavy (non-hydrogen) atoms. The highest BCUT2D eigenvalue weighted by atomic mass is 28.3. The minimum atomic E-state index is -1.10. The average molecular weight is 354 g/mol. The molecule has 130 valence electrons. The van der Waals surface area contributed by atoms with E-state index in [0.717, 1.165) is 46.9 Å². The van der Waals surface area contributed by atoms with E-state index in [4.69, 9.17) is 15.6 Å². The molecule has 0 saturated heterocycles. The zero-order valence-electron chi connectivity index (χ0n) is 14.9. The molecule has 0 unspecified atom stereocenters. The lowest BCUT2D eigenvalue weighted by molar-refractivity contribution is 0.0802. The molecule has 0 atom stereocenters. The van der Waals surface area contributed by atoms with Gasteiger partial charge in [-0.2, -0.15) is 5.10 Å². The number of ether oxygens (including phenoxy) is 1. The number of anilines is 1. The van der Waals surface area contributed by atoms with Crippen LogP contribution >= 0.6 is 0 Å². The van der Waals surface area contributed by atoms with E-state index in [1.807, 2.05) is 23.0 Å². The van der Waals surface area contributed by atoms with Gasteiger partial charge >= 0.3 is 0 Å². The maximum Gasteiger partial charge on any atom is 0.220 e. The SMILES string of the molecule is C[Si](C)(C)CCOCn1nc2cccc3c2c1-c1nc(N)ncc1C3. The van der Waals surface area contributed by atoms with Crippen LogP contribution in [0.3, 0.4) is 0 Å². The maximum absolute atomic E-state index is 5.94. The third-order valence-corrected chi connectivity index (χ3v) is 6.25. The molecular weight excluding hydrogens is 330 g/mol. The summed E-state index contributed by atoms with van der Waals surface area (Å²) < 4.78 is 7.86. The fourth-order valence-electron chi connectivity index (χ4n) is 3.22.